The summed E-state index contributed by atoms with van der Waals surface area (Å²) in [6.07, 6.45) is 3.10. The van der Waals surface area contributed by atoms with Crippen molar-refractivity contribution >= 4 is 23.5 Å². The number of likely N-dealkylation sites (tertiary alicyclic amines) is 1. The van der Waals surface area contributed by atoms with Gasteiger partial charge in [0.2, 0.25) is 11.8 Å². The van der Waals surface area contributed by atoms with Gasteiger partial charge >= 0.3 is 5.97 Å². The molecule has 142 valence electrons. The number of hydrogen-bond acceptors (Lipinski definition) is 5. The molecule has 2 saturated heterocycles. The molecule has 3 aliphatic heterocycles. The molecule has 0 saturated carbocycles. The van der Waals surface area contributed by atoms with Crippen LogP contribution in [0.1, 0.15) is 6.92 Å². The lowest BCUT2D eigenvalue weighted by Crippen LogP contribution is -2.41. The van der Waals surface area contributed by atoms with Crippen LogP contribution in [-0.4, -0.2) is 54.1 Å². The van der Waals surface area contributed by atoms with Gasteiger partial charge in [-0.1, -0.05) is 12.2 Å². The van der Waals surface area contributed by atoms with Crippen molar-refractivity contribution in [2.75, 3.05) is 25.0 Å². The first-order valence-corrected chi connectivity index (χ1v) is 8.81. The Kier molecular flexibility index (Phi) is 4.22. The summed E-state index contributed by atoms with van der Waals surface area (Å²) in [5.41, 5.74) is -0.449. The van der Waals surface area contributed by atoms with Crippen LogP contribution < -0.4 is 5.32 Å². The van der Waals surface area contributed by atoms with Crippen LogP contribution in [-0.2, 0) is 23.9 Å². The third-order valence-electron chi connectivity index (χ3n) is 5.22. The van der Waals surface area contributed by atoms with Crippen LogP contribution in [0.15, 0.2) is 36.4 Å². The zero-order chi connectivity index (χ0) is 19.2. The molecule has 3 aliphatic rings. The van der Waals surface area contributed by atoms with Crippen LogP contribution in [0.3, 0.4) is 0 Å². The molecule has 2 amide bonds. The Hall–Kier alpha value is -2.74. The quantitative estimate of drug-likeness (QED) is 0.617. The molecule has 2 fully saturated rings. The Morgan fingerprint density at radius 1 is 1.37 bits per heavy atom. The maximum absolute atomic E-state index is 13.0. The molecule has 1 spiro atoms. The monoisotopic (exact) mass is 374 g/mol. The van der Waals surface area contributed by atoms with E-state index in [-0.39, 0.29) is 31.5 Å². The maximum Gasteiger partial charge on any atom is 0.325 e. The highest BCUT2D eigenvalue weighted by atomic mass is 19.1. The number of nitrogens with zero attached hydrogens (tertiary/aromatic N) is 1. The van der Waals surface area contributed by atoms with E-state index in [2.05, 4.69) is 5.32 Å². The highest BCUT2D eigenvalue weighted by molar-refractivity contribution is 5.99. The predicted molar refractivity (Wildman–Crippen MR) is 92.0 cm³/mol. The molecule has 0 radical (unpaired) electrons. The fourth-order valence-corrected chi connectivity index (χ4v) is 4.13. The van der Waals surface area contributed by atoms with Crippen molar-refractivity contribution in [1.82, 2.24) is 4.90 Å². The van der Waals surface area contributed by atoms with E-state index in [1.165, 1.54) is 29.2 Å². The highest BCUT2D eigenvalue weighted by Gasteiger charge is 2.66. The maximum atomic E-state index is 13.0. The van der Waals surface area contributed by atoms with Crippen LogP contribution in [0.2, 0.25) is 0 Å². The van der Waals surface area contributed by atoms with Crippen molar-refractivity contribution in [2.45, 2.75) is 18.6 Å². The lowest BCUT2D eigenvalue weighted by atomic mass is 9.77. The lowest BCUT2D eigenvalue weighted by molar-refractivity contribution is -0.148. The van der Waals surface area contributed by atoms with Crippen LogP contribution in [0.25, 0.3) is 0 Å². The normalized spacial score (nSPS) is 30.5. The Bertz CT molecular complexity index is 824. The lowest BCUT2D eigenvalue weighted by Gasteiger charge is -2.23. The number of esters is 1. The van der Waals surface area contributed by atoms with Gasteiger partial charge in [-0.15, -0.1) is 0 Å². The van der Waals surface area contributed by atoms with Gasteiger partial charge in [-0.3, -0.25) is 14.4 Å². The molecule has 2 unspecified atom stereocenters. The van der Waals surface area contributed by atoms with E-state index >= 15 is 0 Å². The second-order valence-corrected chi connectivity index (χ2v) is 6.90. The molecular formula is C19H19FN2O5. The SMILES string of the molecule is CCOC(=O)CN1CC23C=C[C@@H](O2)C(C(=O)Nc2ccc(F)cc2)[C@@H]3C1=O. The molecule has 7 nitrogen and oxygen atoms in total. The summed E-state index contributed by atoms with van der Waals surface area (Å²) < 4.78 is 23.9. The van der Waals surface area contributed by atoms with E-state index in [1.54, 1.807) is 13.0 Å². The topological polar surface area (TPSA) is 84.9 Å². The van der Waals surface area contributed by atoms with Gasteiger partial charge in [0.25, 0.3) is 0 Å². The van der Waals surface area contributed by atoms with Gasteiger partial charge in [-0.2, -0.15) is 0 Å². The largest absolute Gasteiger partial charge is 0.465 e. The van der Waals surface area contributed by atoms with Crippen LogP contribution in [0.5, 0.6) is 0 Å². The summed E-state index contributed by atoms with van der Waals surface area (Å²) in [5.74, 6) is -2.96. The zero-order valence-corrected chi connectivity index (χ0v) is 14.7. The van der Waals surface area contributed by atoms with Crippen molar-refractivity contribution in [3.63, 3.8) is 0 Å². The van der Waals surface area contributed by atoms with Crippen LogP contribution in [0.4, 0.5) is 10.1 Å². The van der Waals surface area contributed by atoms with Gasteiger partial charge in [0.05, 0.1) is 31.1 Å². The average Bonchev–Trinajstić information content (AvgIpc) is 3.26. The van der Waals surface area contributed by atoms with E-state index in [4.69, 9.17) is 9.47 Å². The number of nitrogens with one attached hydrogen (secondary N) is 1. The standard InChI is InChI=1S/C19H19FN2O5/c1-2-26-14(23)9-22-10-19-8-7-13(27-19)15(16(19)18(22)25)17(24)21-12-5-3-11(20)4-6-12/h3-8,13,15-16H,2,9-10H2,1H3,(H,21,24)/t13-,15?,16-,19?/m1/s1. The minimum absolute atomic E-state index is 0.168. The molecule has 8 heteroatoms. The number of fused-ring (bicyclic) bond motifs is 1. The van der Waals surface area contributed by atoms with Gasteiger partial charge in [-0.05, 0) is 31.2 Å². The van der Waals surface area contributed by atoms with Crippen molar-refractivity contribution in [3.8, 4) is 0 Å². The van der Waals surface area contributed by atoms with E-state index in [0.29, 0.717) is 5.69 Å². The number of anilines is 1. The second kappa shape index (κ2) is 6.45. The third-order valence-corrected chi connectivity index (χ3v) is 5.22. The Morgan fingerprint density at radius 3 is 2.81 bits per heavy atom. The van der Waals surface area contributed by atoms with Crippen LogP contribution in [0, 0.1) is 17.7 Å². The number of halogens is 1. The molecule has 0 aliphatic carbocycles. The van der Waals surface area contributed by atoms with Crippen molar-refractivity contribution in [1.29, 1.82) is 0 Å². The molecule has 3 heterocycles. The summed E-state index contributed by atoms with van der Waals surface area (Å²) in [5, 5.41) is 2.72. The smallest absolute Gasteiger partial charge is 0.325 e. The van der Waals surface area contributed by atoms with Gasteiger partial charge in [0, 0.05) is 5.69 Å². The summed E-state index contributed by atoms with van der Waals surface area (Å²) in [6, 6.07) is 5.40. The molecule has 0 aromatic heterocycles. The third kappa shape index (κ3) is 2.90. The first kappa shape index (κ1) is 17.7. The summed E-state index contributed by atoms with van der Waals surface area (Å²) in [4.78, 5) is 38.9. The number of hydrogen-bond donors (Lipinski definition) is 1. The Balaban J connectivity index is 1.52. The molecule has 27 heavy (non-hydrogen) atoms. The van der Waals surface area contributed by atoms with Crippen molar-refractivity contribution in [3.05, 3.63) is 42.2 Å². The number of carbonyl (C=O) groups is 3. The highest BCUT2D eigenvalue weighted by Crippen LogP contribution is 2.52. The fraction of sp³-hybridized carbons (Fsp3) is 0.421. The minimum Gasteiger partial charge on any atom is -0.465 e. The van der Waals surface area contributed by atoms with Gasteiger partial charge < -0.3 is 19.7 Å². The average molecular weight is 374 g/mol. The molecule has 1 aromatic carbocycles. The number of benzene rings is 1. The second-order valence-electron chi connectivity index (χ2n) is 6.90. The number of ether oxygens (including phenoxy) is 2. The molecule has 4 rings (SSSR count). The summed E-state index contributed by atoms with van der Waals surface area (Å²) in [6.45, 7) is 1.97. The zero-order valence-electron chi connectivity index (χ0n) is 14.7. The Morgan fingerprint density at radius 2 is 2.11 bits per heavy atom. The minimum atomic E-state index is -0.890. The summed E-state index contributed by atoms with van der Waals surface area (Å²) >= 11 is 0. The van der Waals surface area contributed by atoms with E-state index in [1.807, 2.05) is 6.08 Å². The number of amides is 2. The molecular weight excluding hydrogens is 355 g/mol. The Labute approximate surface area is 155 Å². The van der Waals surface area contributed by atoms with Crippen molar-refractivity contribution in [2.24, 2.45) is 11.8 Å². The first-order chi connectivity index (χ1) is 12.9. The van der Waals surface area contributed by atoms with Crippen LogP contribution >= 0.6 is 0 Å². The number of rotatable bonds is 5. The van der Waals surface area contributed by atoms with E-state index in [9.17, 15) is 18.8 Å². The van der Waals surface area contributed by atoms with E-state index < -0.39 is 35.3 Å². The fourth-order valence-electron chi connectivity index (χ4n) is 4.13. The number of carbonyl (C=O) groups excluding carboxylic acids is 3. The first-order valence-electron chi connectivity index (χ1n) is 8.81. The summed E-state index contributed by atoms with van der Waals surface area (Å²) in [7, 11) is 0. The molecule has 1 N–H and O–H groups in total. The molecule has 2 bridgehead atoms. The van der Waals surface area contributed by atoms with Crippen molar-refractivity contribution < 1.29 is 28.2 Å². The van der Waals surface area contributed by atoms with E-state index in [0.717, 1.165) is 0 Å². The molecule has 4 atom stereocenters. The van der Waals surface area contributed by atoms with Gasteiger partial charge in [0.1, 0.15) is 18.0 Å². The molecule has 1 aromatic rings. The van der Waals surface area contributed by atoms with Gasteiger partial charge in [-0.25, -0.2) is 4.39 Å². The van der Waals surface area contributed by atoms with Gasteiger partial charge in [0.15, 0.2) is 0 Å². The predicted octanol–water partition coefficient (Wildman–Crippen LogP) is 1.11.